The second-order valence-corrected chi connectivity index (χ2v) is 6.34. The molecule has 0 saturated heterocycles. The summed E-state index contributed by atoms with van der Waals surface area (Å²) in [7, 11) is 1.25. The van der Waals surface area contributed by atoms with E-state index in [9.17, 15) is 18.8 Å². The van der Waals surface area contributed by atoms with E-state index in [1.165, 1.54) is 25.3 Å². The summed E-state index contributed by atoms with van der Waals surface area (Å²) in [5, 5.41) is 5.28. The molecule has 1 atom stereocenters. The first kappa shape index (κ1) is 19.4. The summed E-state index contributed by atoms with van der Waals surface area (Å²) in [6.07, 6.45) is 0.424. The largest absolute Gasteiger partial charge is 0.467 e. The molecule has 1 heterocycles. The smallest absolute Gasteiger partial charge is 0.328 e. The van der Waals surface area contributed by atoms with E-state index in [0.29, 0.717) is 17.3 Å². The highest BCUT2D eigenvalue weighted by Crippen LogP contribution is 2.18. The van der Waals surface area contributed by atoms with Crippen LogP contribution in [0.5, 0.6) is 0 Å². The van der Waals surface area contributed by atoms with Crippen LogP contribution in [0.1, 0.15) is 30.8 Å². The summed E-state index contributed by atoms with van der Waals surface area (Å²) in [6, 6.07) is 5.09. The zero-order chi connectivity index (χ0) is 19.3. The summed E-state index contributed by atoms with van der Waals surface area (Å²) in [6.45, 7) is 3.51. The van der Waals surface area contributed by atoms with Crippen LogP contribution in [0, 0.1) is 11.7 Å². The van der Waals surface area contributed by atoms with Crippen molar-refractivity contribution in [3.8, 4) is 0 Å². The van der Waals surface area contributed by atoms with Crippen LogP contribution in [0.3, 0.4) is 0 Å². The number of hydrogen-bond acceptors (Lipinski definition) is 4. The van der Waals surface area contributed by atoms with Gasteiger partial charge < -0.3 is 20.4 Å². The molecule has 0 spiro atoms. The first-order valence-corrected chi connectivity index (χ1v) is 8.24. The number of H-pyrrole nitrogens is 1. The molecule has 0 radical (unpaired) electrons. The fourth-order valence-electron chi connectivity index (χ4n) is 2.57. The molecule has 8 heteroatoms. The van der Waals surface area contributed by atoms with Gasteiger partial charge in [-0.25, -0.2) is 9.18 Å². The van der Waals surface area contributed by atoms with Gasteiger partial charge in [0, 0.05) is 10.9 Å². The van der Waals surface area contributed by atoms with Crippen LogP contribution in [-0.2, 0) is 14.3 Å². The van der Waals surface area contributed by atoms with E-state index in [1.807, 2.05) is 13.8 Å². The van der Waals surface area contributed by atoms with Crippen LogP contribution in [0.15, 0.2) is 24.3 Å². The van der Waals surface area contributed by atoms with Crippen LogP contribution >= 0.6 is 0 Å². The Hall–Kier alpha value is -2.90. The third-order valence-electron chi connectivity index (χ3n) is 3.79. The topological polar surface area (TPSA) is 100 Å². The van der Waals surface area contributed by atoms with Gasteiger partial charge >= 0.3 is 5.97 Å². The molecule has 1 aromatic heterocycles. The van der Waals surface area contributed by atoms with Crippen molar-refractivity contribution in [1.29, 1.82) is 0 Å². The normalized spacial score (nSPS) is 12.0. The van der Waals surface area contributed by atoms with E-state index < -0.39 is 29.6 Å². The van der Waals surface area contributed by atoms with E-state index in [2.05, 4.69) is 20.4 Å². The molecule has 140 valence electrons. The fraction of sp³-hybridized carbons (Fsp3) is 0.389. The molecule has 0 aliphatic rings. The number of esters is 1. The second kappa shape index (κ2) is 8.46. The number of fused-ring (bicyclic) bond motifs is 1. The Bertz CT molecular complexity index is 816. The lowest BCUT2D eigenvalue weighted by atomic mass is 10.0. The quantitative estimate of drug-likeness (QED) is 0.652. The number of hydrogen-bond donors (Lipinski definition) is 3. The van der Waals surface area contributed by atoms with Gasteiger partial charge in [-0.05, 0) is 30.5 Å². The molecular weight excluding hydrogens is 341 g/mol. The van der Waals surface area contributed by atoms with Crippen molar-refractivity contribution < 1.29 is 23.5 Å². The molecule has 2 aromatic rings. The van der Waals surface area contributed by atoms with Gasteiger partial charge in [0.2, 0.25) is 5.91 Å². The molecule has 0 saturated carbocycles. The minimum Gasteiger partial charge on any atom is -0.467 e. The number of methoxy groups -OCH3 is 1. The Morgan fingerprint density at radius 3 is 2.62 bits per heavy atom. The lowest BCUT2D eigenvalue weighted by Gasteiger charge is -2.18. The monoisotopic (exact) mass is 363 g/mol. The van der Waals surface area contributed by atoms with Gasteiger partial charge in [-0.3, -0.25) is 9.59 Å². The van der Waals surface area contributed by atoms with Gasteiger partial charge in [-0.2, -0.15) is 0 Å². The predicted molar refractivity (Wildman–Crippen MR) is 94.0 cm³/mol. The summed E-state index contributed by atoms with van der Waals surface area (Å²) in [5.41, 5.74) is 0.631. The van der Waals surface area contributed by atoms with Crippen molar-refractivity contribution >= 4 is 28.7 Å². The van der Waals surface area contributed by atoms with Crippen molar-refractivity contribution in [2.75, 3.05) is 13.7 Å². The number of rotatable bonds is 7. The van der Waals surface area contributed by atoms with E-state index in [0.717, 1.165) is 0 Å². The molecule has 3 N–H and O–H groups in total. The van der Waals surface area contributed by atoms with Crippen LogP contribution in [0.2, 0.25) is 0 Å². The maximum absolute atomic E-state index is 13.7. The summed E-state index contributed by atoms with van der Waals surface area (Å²) >= 11 is 0. The lowest BCUT2D eigenvalue weighted by Crippen LogP contribution is -2.46. The number of aromatic amines is 1. The van der Waals surface area contributed by atoms with Crippen LogP contribution in [0.25, 0.3) is 10.9 Å². The number of nitrogens with one attached hydrogen (secondary N) is 3. The van der Waals surface area contributed by atoms with E-state index in [4.69, 9.17) is 0 Å². The van der Waals surface area contributed by atoms with E-state index in [-0.39, 0.29) is 18.2 Å². The maximum Gasteiger partial charge on any atom is 0.328 e. The van der Waals surface area contributed by atoms with Gasteiger partial charge in [0.25, 0.3) is 5.91 Å². The Morgan fingerprint density at radius 1 is 1.27 bits per heavy atom. The first-order chi connectivity index (χ1) is 12.3. The molecule has 0 aliphatic heterocycles. The molecule has 0 unspecified atom stereocenters. The molecule has 1 aromatic carbocycles. The number of carbonyl (C=O) groups is 3. The summed E-state index contributed by atoms with van der Waals surface area (Å²) < 4.78 is 18.3. The average molecular weight is 363 g/mol. The number of amides is 2. The number of benzene rings is 1. The van der Waals surface area contributed by atoms with Crippen molar-refractivity contribution in [1.82, 2.24) is 15.6 Å². The molecule has 26 heavy (non-hydrogen) atoms. The molecule has 7 nitrogen and oxygen atoms in total. The third kappa shape index (κ3) is 4.81. The third-order valence-corrected chi connectivity index (χ3v) is 3.79. The van der Waals surface area contributed by atoms with E-state index in [1.54, 1.807) is 6.07 Å². The number of ether oxygens (including phenoxy) is 1. The molecular formula is C18H22FN3O4. The highest BCUT2D eigenvalue weighted by Gasteiger charge is 2.23. The molecule has 2 rings (SSSR count). The Balaban J connectivity index is 1.95. The second-order valence-electron chi connectivity index (χ2n) is 6.34. The predicted octanol–water partition coefficient (Wildman–Crippen LogP) is 1.74. The Labute approximate surface area is 150 Å². The van der Waals surface area contributed by atoms with Gasteiger partial charge in [0.15, 0.2) is 0 Å². The number of aromatic nitrogens is 1. The van der Waals surface area contributed by atoms with Crippen molar-refractivity contribution in [2.24, 2.45) is 5.92 Å². The zero-order valence-electron chi connectivity index (χ0n) is 14.9. The van der Waals surface area contributed by atoms with Gasteiger partial charge in [-0.1, -0.05) is 19.9 Å². The van der Waals surface area contributed by atoms with Crippen LogP contribution in [0.4, 0.5) is 4.39 Å². The molecule has 0 fully saturated rings. The highest BCUT2D eigenvalue weighted by molar-refractivity contribution is 5.99. The zero-order valence-corrected chi connectivity index (χ0v) is 14.9. The number of carbonyl (C=O) groups excluding carboxylic acids is 3. The SMILES string of the molecule is COC(=O)[C@H](CC(C)C)NC(=O)CNC(=O)c1cc2c(F)cccc2[nH]1. The van der Waals surface area contributed by atoms with E-state index >= 15 is 0 Å². The van der Waals surface area contributed by atoms with Gasteiger partial charge in [0.05, 0.1) is 13.7 Å². The van der Waals surface area contributed by atoms with Gasteiger partial charge in [0.1, 0.15) is 17.6 Å². The lowest BCUT2D eigenvalue weighted by molar-refractivity contribution is -0.145. The molecule has 2 amide bonds. The summed E-state index contributed by atoms with van der Waals surface area (Å²) in [5.74, 6) is -1.87. The average Bonchev–Trinajstić information content (AvgIpc) is 3.03. The standard InChI is InChI=1S/C18H22FN3O4/c1-10(2)7-15(18(25)26-3)22-16(23)9-20-17(24)14-8-11-12(19)5-4-6-13(11)21-14/h4-6,8,10,15,21H,7,9H2,1-3H3,(H,20,24)(H,22,23)/t15-/m0/s1. The molecule has 0 bridgehead atoms. The van der Waals surface area contributed by atoms with Crippen LogP contribution in [-0.4, -0.2) is 42.5 Å². The molecule has 0 aliphatic carbocycles. The first-order valence-electron chi connectivity index (χ1n) is 8.24. The van der Waals surface area contributed by atoms with Gasteiger partial charge in [-0.15, -0.1) is 0 Å². The number of halogens is 1. The Kier molecular flexibility index (Phi) is 6.32. The van der Waals surface area contributed by atoms with Crippen molar-refractivity contribution in [3.05, 3.63) is 35.8 Å². The summed E-state index contributed by atoms with van der Waals surface area (Å²) in [4.78, 5) is 38.7. The van der Waals surface area contributed by atoms with Crippen molar-refractivity contribution in [3.63, 3.8) is 0 Å². The minimum atomic E-state index is -0.772. The van der Waals surface area contributed by atoms with Crippen molar-refractivity contribution in [2.45, 2.75) is 26.3 Å². The van der Waals surface area contributed by atoms with Crippen LogP contribution < -0.4 is 10.6 Å². The highest BCUT2D eigenvalue weighted by atomic mass is 19.1. The fourth-order valence-corrected chi connectivity index (χ4v) is 2.57. The Morgan fingerprint density at radius 2 is 2.00 bits per heavy atom. The minimum absolute atomic E-state index is 0.143. The maximum atomic E-state index is 13.7.